The summed E-state index contributed by atoms with van der Waals surface area (Å²) in [5.41, 5.74) is 9.60. The summed E-state index contributed by atoms with van der Waals surface area (Å²) in [5.74, 6) is 1.54. The highest BCUT2D eigenvalue weighted by Gasteiger charge is 2.19. The topological polar surface area (TPSA) is 51.8 Å². The molecular weight excluding hydrogens is 601 g/mol. The molecule has 0 fully saturated rings. The maximum absolute atomic E-state index is 4.64. The summed E-state index contributed by atoms with van der Waals surface area (Å²) in [4.78, 5) is 6.49. The molecule has 0 saturated carbocycles. The zero-order chi connectivity index (χ0) is 32.6. The predicted octanol–water partition coefficient (Wildman–Crippen LogP) is 10.6. The molecule has 0 N–H and O–H groups in total. The van der Waals surface area contributed by atoms with E-state index in [1.54, 1.807) is 12.4 Å². The van der Waals surface area contributed by atoms with E-state index in [0.717, 1.165) is 51.2 Å². The first-order chi connectivity index (χ1) is 24.3. The van der Waals surface area contributed by atoms with Crippen molar-refractivity contribution < 1.29 is 0 Å². The van der Waals surface area contributed by atoms with Crippen molar-refractivity contribution in [2.45, 2.75) is 0 Å². The van der Waals surface area contributed by atoms with Gasteiger partial charge in [0, 0.05) is 62.7 Å². The first-order valence-corrected chi connectivity index (χ1v) is 16.3. The molecule has 9 aromatic rings. The van der Waals surface area contributed by atoms with Gasteiger partial charge in [-0.25, -0.2) is 0 Å². The van der Waals surface area contributed by atoms with E-state index >= 15 is 0 Å². The third-order valence-electron chi connectivity index (χ3n) is 8.96. The minimum absolute atomic E-state index is 0.759. The highest BCUT2D eigenvalue weighted by molar-refractivity contribution is 6.09. The Morgan fingerprint density at radius 1 is 0.367 bits per heavy atom. The fourth-order valence-electron chi connectivity index (χ4n) is 6.72. The van der Waals surface area contributed by atoms with Gasteiger partial charge in [0.15, 0.2) is 11.6 Å². The largest absolute Gasteiger partial charge is 0.311 e. The molecule has 0 aliphatic carbocycles. The van der Waals surface area contributed by atoms with Gasteiger partial charge in [-0.05, 0) is 84.9 Å². The van der Waals surface area contributed by atoms with Crippen LogP contribution < -0.4 is 4.90 Å². The molecule has 3 heterocycles. The average Bonchev–Trinajstić information content (AvgIpc) is 3.77. The van der Waals surface area contributed by atoms with Gasteiger partial charge in [0.1, 0.15) is 0 Å². The Bertz CT molecular complexity index is 2410. The third kappa shape index (κ3) is 5.03. The monoisotopic (exact) mass is 630 g/mol. The molecule has 6 heteroatoms. The number of aromatic nitrogens is 5. The van der Waals surface area contributed by atoms with Crippen LogP contribution in [0.4, 0.5) is 17.1 Å². The number of hydrogen-bond acceptors (Lipinski definition) is 4. The van der Waals surface area contributed by atoms with Crippen LogP contribution >= 0.6 is 0 Å². The van der Waals surface area contributed by atoms with Crippen molar-refractivity contribution in [1.29, 1.82) is 0 Å². The van der Waals surface area contributed by atoms with Crippen molar-refractivity contribution in [3.05, 3.63) is 182 Å². The molecule has 0 aliphatic rings. The summed E-state index contributed by atoms with van der Waals surface area (Å²) in [7, 11) is 0. The number of hydrogen-bond donors (Lipinski definition) is 0. The second-order valence-corrected chi connectivity index (χ2v) is 11.9. The first kappa shape index (κ1) is 28.4. The molecule has 232 valence electrons. The summed E-state index contributed by atoms with van der Waals surface area (Å²) in [5, 5.41) is 11.8. The average molecular weight is 631 g/mol. The van der Waals surface area contributed by atoms with Gasteiger partial charge >= 0.3 is 0 Å². The summed E-state index contributed by atoms with van der Waals surface area (Å²) >= 11 is 0. The van der Waals surface area contributed by atoms with Crippen molar-refractivity contribution >= 4 is 38.9 Å². The van der Waals surface area contributed by atoms with Crippen LogP contribution in [-0.4, -0.2) is 24.3 Å². The molecule has 0 amide bonds. The van der Waals surface area contributed by atoms with Crippen LogP contribution in [0.1, 0.15) is 0 Å². The minimum atomic E-state index is 0.759. The zero-order valence-corrected chi connectivity index (χ0v) is 26.5. The molecule has 0 saturated heterocycles. The number of pyridine rings is 1. The Morgan fingerprint density at radius 2 is 0.796 bits per heavy atom. The molecule has 0 spiro atoms. The van der Waals surface area contributed by atoms with Gasteiger partial charge in [-0.3, -0.25) is 9.55 Å². The van der Waals surface area contributed by atoms with Gasteiger partial charge in [0.05, 0.1) is 11.0 Å². The van der Waals surface area contributed by atoms with E-state index in [-0.39, 0.29) is 0 Å². The molecule has 0 radical (unpaired) electrons. The van der Waals surface area contributed by atoms with Crippen LogP contribution in [-0.2, 0) is 0 Å². The number of fused-ring (bicyclic) bond motifs is 3. The van der Waals surface area contributed by atoms with Gasteiger partial charge in [0.25, 0.3) is 0 Å². The quantitative estimate of drug-likeness (QED) is 0.176. The van der Waals surface area contributed by atoms with Gasteiger partial charge in [-0.2, -0.15) is 0 Å². The second-order valence-electron chi connectivity index (χ2n) is 11.9. The van der Waals surface area contributed by atoms with Crippen molar-refractivity contribution in [3.8, 4) is 34.2 Å². The van der Waals surface area contributed by atoms with Crippen LogP contribution in [0.2, 0.25) is 0 Å². The standard InChI is InChI=1S/C43H30N6/c1-3-11-31(12-4-1)42-45-46-43(32-27-29-44-30-28-32)49(42)37-25-21-35(22-26-37)47(33-13-5-2-6-14-33)34-19-23-36(24-20-34)48-40-17-9-7-15-38(40)39-16-8-10-18-41(39)48/h1-30H. The van der Waals surface area contributed by atoms with Crippen LogP contribution in [0.15, 0.2) is 182 Å². The number of nitrogens with zero attached hydrogens (tertiary/aromatic N) is 6. The van der Waals surface area contributed by atoms with Gasteiger partial charge in [-0.15, -0.1) is 10.2 Å². The maximum Gasteiger partial charge on any atom is 0.168 e. The number of anilines is 3. The van der Waals surface area contributed by atoms with Gasteiger partial charge < -0.3 is 9.47 Å². The van der Waals surface area contributed by atoms with Gasteiger partial charge in [0.2, 0.25) is 0 Å². The van der Waals surface area contributed by atoms with E-state index in [9.17, 15) is 0 Å². The van der Waals surface area contributed by atoms with Gasteiger partial charge in [-0.1, -0.05) is 84.9 Å². The normalized spacial score (nSPS) is 11.3. The first-order valence-electron chi connectivity index (χ1n) is 16.3. The number of rotatable bonds is 7. The van der Waals surface area contributed by atoms with E-state index in [1.807, 2.05) is 36.4 Å². The Kier molecular flexibility index (Phi) is 7.02. The van der Waals surface area contributed by atoms with Crippen LogP contribution in [0.3, 0.4) is 0 Å². The van der Waals surface area contributed by atoms with Crippen molar-refractivity contribution in [2.75, 3.05) is 4.90 Å². The minimum Gasteiger partial charge on any atom is -0.311 e. The molecule has 3 aromatic heterocycles. The maximum atomic E-state index is 4.64. The SMILES string of the molecule is c1ccc(-c2nnc(-c3ccncc3)n2-c2ccc(N(c3ccccc3)c3ccc(-n4c5ccccc5c5ccccc54)cc3)cc2)cc1. The fraction of sp³-hybridized carbons (Fsp3) is 0. The van der Waals surface area contributed by atoms with Crippen LogP contribution in [0.25, 0.3) is 56.0 Å². The number of para-hydroxylation sites is 3. The smallest absolute Gasteiger partial charge is 0.168 e. The molecule has 6 nitrogen and oxygen atoms in total. The van der Waals surface area contributed by atoms with E-state index < -0.39 is 0 Å². The van der Waals surface area contributed by atoms with Crippen LogP contribution in [0.5, 0.6) is 0 Å². The van der Waals surface area contributed by atoms with E-state index in [4.69, 9.17) is 0 Å². The molecule has 49 heavy (non-hydrogen) atoms. The Balaban J connectivity index is 1.13. The lowest BCUT2D eigenvalue weighted by Gasteiger charge is -2.26. The lowest BCUT2D eigenvalue weighted by Crippen LogP contribution is -2.10. The molecule has 9 rings (SSSR count). The summed E-state index contributed by atoms with van der Waals surface area (Å²) in [6, 6.07) is 59.2. The molecule has 0 aliphatic heterocycles. The highest BCUT2D eigenvalue weighted by atomic mass is 15.3. The fourth-order valence-corrected chi connectivity index (χ4v) is 6.72. The highest BCUT2D eigenvalue weighted by Crippen LogP contribution is 2.38. The summed E-state index contributed by atoms with van der Waals surface area (Å²) in [6.45, 7) is 0. The molecule has 0 bridgehead atoms. The Morgan fingerprint density at radius 3 is 1.35 bits per heavy atom. The van der Waals surface area contributed by atoms with Crippen molar-refractivity contribution in [1.82, 2.24) is 24.3 Å². The van der Waals surface area contributed by atoms with E-state index in [1.165, 1.54) is 21.8 Å². The summed E-state index contributed by atoms with van der Waals surface area (Å²) < 4.78 is 4.46. The zero-order valence-electron chi connectivity index (χ0n) is 26.5. The predicted molar refractivity (Wildman–Crippen MR) is 199 cm³/mol. The lowest BCUT2D eigenvalue weighted by molar-refractivity contribution is 1.07. The van der Waals surface area contributed by atoms with E-state index in [0.29, 0.717) is 0 Å². The van der Waals surface area contributed by atoms with Crippen molar-refractivity contribution in [3.63, 3.8) is 0 Å². The molecular formula is C43H30N6. The summed E-state index contributed by atoms with van der Waals surface area (Å²) in [6.07, 6.45) is 3.56. The molecule has 0 atom stereocenters. The van der Waals surface area contributed by atoms with Crippen LogP contribution in [0, 0.1) is 0 Å². The Labute approximate surface area is 283 Å². The molecule has 0 unspecified atom stereocenters. The number of benzene rings is 6. The third-order valence-corrected chi connectivity index (χ3v) is 8.96. The second kappa shape index (κ2) is 12.1. The molecule has 6 aromatic carbocycles. The lowest BCUT2D eigenvalue weighted by atomic mass is 10.1. The van der Waals surface area contributed by atoms with Crippen molar-refractivity contribution in [2.24, 2.45) is 0 Å². The van der Waals surface area contributed by atoms with E-state index in [2.05, 4.69) is 163 Å². The Hall–Kier alpha value is -6.79.